The van der Waals surface area contributed by atoms with E-state index in [2.05, 4.69) is 22.7 Å². The van der Waals surface area contributed by atoms with Gasteiger partial charge in [0.2, 0.25) is 0 Å². The van der Waals surface area contributed by atoms with Crippen molar-refractivity contribution in [2.45, 2.75) is 39.0 Å². The summed E-state index contributed by atoms with van der Waals surface area (Å²) < 4.78 is 0. The number of nitrogens with two attached hydrogens (primary N) is 1. The van der Waals surface area contributed by atoms with Gasteiger partial charge in [0.05, 0.1) is 5.02 Å². The van der Waals surface area contributed by atoms with E-state index < -0.39 is 0 Å². The molecule has 21 heavy (non-hydrogen) atoms. The van der Waals surface area contributed by atoms with E-state index in [0.29, 0.717) is 23.3 Å². The number of halogens is 1. The first-order chi connectivity index (χ1) is 10.1. The number of carbonyl (C=O) groups is 1. The van der Waals surface area contributed by atoms with Crippen LogP contribution in [0.1, 0.15) is 49.5 Å². The molecule has 1 aromatic rings. The predicted molar refractivity (Wildman–Crippen MR) is 85.1 cm³/mol. The highest BCUT2D eigenvalue weighted by molar-refractivity contribution is 6.33. The third-order valence-electron chi connectivity index (χ3n) is 4.30. The van der Waals surface area contributed by atoms with Gasteiger partial charge in [-0.1, -0.05) is 37.8 Å². The molecule has 1 aliphatic carbocycles. The number of hydrogen-bond acceptors (Lipinski definition) is 4. The van der Waals surface area contributed by atoms with Crippen molar-refractivity contribution < 1.29 is 4.79 Å². The van der Waals surface area contributed by atoms with E-state index in [1.165, 1.54) is 32.1 Å². The van der Waals surface area contributed by atoms with Crippen LogP contribution >= 0.6 is 11.6 Å². The highest BCUT2D eigenvalue weighted by atomic mass is 35.5. The van der Waals surface area contributed by atoms with E-state index >= 15 is 0 Å². The summed E-state index contributed by atoms with van der Waals surface area (Å²) in [5.74, 6) is 6.90. The van der Waals surface area contributed by atoms with Gasteiger partial charge in [-0.25, -0.2) is 10.8 Å². The Balaban J connectivity index is 1.87. The highest BCUT2D eigenvalue weighted by Crippen LogP contribution is 2.30. The summed E-state index contributed by atoms with van der Waals surface area (Å²) >= 11 is 6.02. The number of hydrogen-bond donors (Lipinski definition) is 3. The van der Waals surface area contributed by atoms with Gasteiger partial charge in [0, 0.05) is 6.54 Å². The fraction of sp³-hybridized carbons (Fsp3) is 0.600. The van der Waals surface area contributed by atoms with Crippen LogP contribution in [0.25, 0.3) is 0 Å². The molecular formula is C15H23ClN4O. The summed E-state index contributed by atoms with van der Waals surface area (Å²) in [6.07, 6.45) is 6.16. The van der Waals surface area contributed by atoms with Gasteiger partial charge in [-0.15, -0.1) is 0 Å². The normalized spacial score (nSPS) is 21.9. The van der Waals surface area contributed by atoms with Crippen LogP contribution in [0, 0.1) is 11.8 Å². The Morgan fingerprint density at radius 3 is 2.62 bits per heavy atom. The first-order valence-corrected chi connectivity index (χ1v) is 7.93. The van der Waals surface area contributed by atoms with Crippen molar-refractivity contribution in [3.8, 4) is 0 Å². The molecule has 116 valence electrons. The van der Waals surface area contributed by atoms with Gasteiger partial charge in [-0.05, 0) is 36.8 Å². The largest absolute Gasteiger partial charge is 0.350 e. The monoisotopic (exact) mass is 310 g/mol. The molecule has 2 rings (SSSR count). The second-order valence-electron chi connectivity index (χ2n) is 5.68. The van der Waals surface area contributed by atoms with Gasteiger partial charge >= 0.3 is 0 Å². The number of nitrogen functional groups attached to an aromatic ring is 1. The molecule has 4 N–H and O–H groups in total. The maximum atomic E-state index is 12.2. The van der Waals surface area contributed by atoms with Crippen molar-refractivity contribution >= 4 is 23.3 Å². The van der Waals surface area contributed by atoms with Crippen LogP contribution in [0.15, 0.2) is 12.1 Å². The average molecular weight is 311 g/mol. The molecule has 1 heterocycles. The molecule has 0 saturated heterocycles. The molecule has 0 spiro atoms. The molecule has 0 bridgehead atoms. The minimum Gasteiger partial charge on any atom is -0.350 e. The Bertz CT molecular complexity index is 487. The van der Waals surface area contributed by atoms with Crippen molar-refractivity contribution in [1.29, 1.82) is 0 Å². The van der Waals surface area contributed by atoms with Crippen molar-refractivity contribution in [2.75, 3.05) is 12.0 Å². The van der Waals surface area contributed by atoms with Gasteiger partial charge in [0.25, 0.3) is 5.91 Å². The zero-order valence-corrected chi connectivity index (χ0v) is 13.1. The third-order valence-corrected chi connectivity index (χ3v) is 4.61. The van der Waals surface area contributed by atoms with Crippen LogP contribution in [-0.4, -0.2) is 17.4 Å². The lowest BCUT2D eigenvalue weighted by Crippen LogP contribution is -2.32. The first-order valence-electron chi connectivity index (χ1n) is 7.55. The van der Waals surface area contributed by atoms with E-state index in [-0.39, 0.29) is 11.6 Å². The maximum Gasteiger partial charge on any atom is 0.271 e. The summed E-state index contributed by atoms with van der Waals surface area (Å²) in [4.78, 5) is 16.3. The van der Waals surface area contributed by atoms with Crippen LogP contribution in [0.3, 0.4) is 0 Å². The van der Waals surface area contributed by atoms with E-state index in [9.17, 15) is 4.79 Å². The van der Waals surface area contributed by atoms with Gasteiger partial charge in [-0.3, -0.25) is 4.79 Å². The standard InChI is InChI=1S/C15H23ClN4O/c1-2-10-3-5-11(6-4-10)9-18-15(21)14-12(16)7-8-13(19-14)20-17/h7-8,10-11H,2-6,9,17H2,1H3,(H,18,21)(H,19,20). The van der Waals surface area contributed by atoms with Gasteiger partial charge in [0.1, 0.15) is 11.5 Å². The van der Waals surface area contributed by atoms with Crippen LogP contribution in [0.2, 0.25) is 5.02 Å². The Morgan fingerprint density at radius 1 is 1.33 bits per heavy atom. The number of aromatic nitrogens is 1. The van der Waals surface area contributed by atoms with Crippen LogP contribution < -0.4 is 16.6 Å². The minimum atomic E-state index is -0.241. The van der Waals surface area contributed by atoms with Gasteiger partial charge < -0.3 is 10.7 Å². The lowest BCUT2D eigenvalue weighted by Gasteiger charge is -2.27. The van der Waals surface area contributed by atoms with E-state index in [4.69, 9.17) is 17.4 Å². The average Bonchev–Trinajstić information content (AvgIpc) is 2.53. The van der Waals surface area contributed by atoms with E-state index in [1.54, 1.807) is 12.1 Å². The molecule has 1 amide bonds. The summed E-state index contributed by atoms with van der Waals surface area (Å²) in [5, 5.41) is 3.27. The second kappa shape index (κ2) is 7.61. The Morgan fingerprint density at radius 2 is 2.00 bits per heavy atom. The Labute approximate surface area is 130 Å². The van der Waals surface area contributed by atoms with Crippen LogP contribution in [0.4, 0.5) is 5.82 Å². The molecule has 0 aromatic carbocycles. The van der Waals surface area contributed by atoms with Crippen LogP contribution in [-0.2, 0) is 0 Å². The molecule has 1 aliphatic rings. The lowest BCUT2D eigenvalue weighted by molar-refractivity contribution is 0.0936. The van der Waals surface area contributed by atoms with Gasteiger partial charge in [-0.2, -0.15) is 0 Å². The highest BCUT2D eigenvalue weighted by Gasteiger charge is 2.21. The number of pyridine rings is 1. The number of rotatable bonds is 5. The number of amides is 1. The smallest absolute Gasteiger partial charge is 0.271 e. The topological polar surface area (TPSA) is 80.0 Å². The first kappa shape index (κ1) is 16.0. The third kappa shape index (κ3) is 4.32. The number of nitrogens with one attached hydrogen (secondary N) is 2. The molecule has 5 nitrogen and oxygen atoms in total. The molecular weight excluding hydrogens is 288 g/mol. The fourth-order valence-electron chi connectivity index (χ4n) is 2.85. The molecule has 0 aliphatic heterocycles. The van der Waals surface area contributed by atoms with Crippen molar-refractivity contribution in [1.82, 2.24) is 10.3 Å². The fourth-order valence-corrected chi connectivity index (χ4v) is 3.04. The molecule has 6 heteroatoms. The van der Waals surface area contributed by atoms with Gasteiger partial charge in [0.15, 0.2) is 0 Å². The summed E-state index contributed by atoms with van der Waals surface area (Å²) in [5.41, 5.74) is 2.63. The number of hydrazine groups is 1. The second-order valence-corrected chi connectivity index (χ2v) is 6.08. The predicted octanol–water partition coefficient (Wildman–Crippen LogP) is 2.97. The van der Waals surface area contributed by atoms with Crippen molar-refractivity contribution in [2.24, 2.45) is 17.7 Å². The maximum absolute atomic E-state index is 12.2. The quantitative estimate of drug-likeness (QED) is 0.577. The van der Waals surface area contributed by atoms with Crippen molar-refractivity contribution in [3.63, 3.8) is 0 Å². The molecule has 1 fully saturated rings. The molecule has 1 saturated carbocycles. The number of nitrogens with zero attached hydrogens (tertiary/aromatic N) is 1. The molecule has 0 radical (unpaired) electrons. The Hall–Kier alpha value is -1.33. The number of carbonyl (C=O) groups excluding carboxylic acids is 1. The lowest BCUT2D eigenvalue weighted by atomic mass is 9.81. The molecule has 0 atom stereocenters. The SMILES string of the molecule is CCC1CCC(CNC(=O)c2nc(NN)ccc2Cl)CC1. The molecule has 1 aromatic heterocycles. The van der Waals surface area contributed by atoms with Crippen LogP contribution in [0.5, 0.6) is 0 Å². The summed E-state index contributed by atoms with van der Waals surface area (Å²) in [6, 6.07) is 3.25. The Kier molecular flexibility index (Phi) is 5.82. The number of anilines is 1. The zero-order chi connectivity index (χ0) is 15.2. The summed E-state index contributed by atoms with van der Waals surface area (Å²) in [7, 11) is 0. The summed E-state index contributed by atoms with van der Waals surface area (Å²) in [6.45, 7) is 2.94. The van der Waals surface area contributed by atoms with Crippen molar-refractivity contribution in [3.05, 3.63) is 22.8 Å². The minimum absolute atomic E-state index is 0.217. The van der Waals surface area contributed by atoms with E-state index in [0.717, 1.165) is 5.92 Å². The zero-order valence-electron chi connectivity index (χ0n) is 12.4. The molecule has 0 unspecified atom stereocenters. The van der Waals surface area contributed by atoms with E-state index in [1.807, 2.05) is 0 Å².